The van der Waals surface area contributed by atoms with E-state index >= 15 is 0 Å². The summed E-state index contributed by atoms with van der Waals surface area (Å²) in [4.78, 5) is 22.8. The maximum Gasteiger partial charge on any atom is 0.335 e. The number of ether oxygens (including phenoxy) is 1. The van der Waals surface area contributed by atoms with Crippen LogP contribution in [0.5, 0.6) is 0 Å². The summed E-state index contributed by atoms with van der Waals surface area (Å²) in [6.45, 7) is 2.58. The lowest BCUT2D eigenvalue weighted by atomic mass is 10.0. The number of aryl methyl sites for hydroxylation is 1. The largest absolute Gasteiger partial charge is 0.478 e. The highest BCUT2D eigenvalue weighted by molar-refractivity contribution is 5.93. The van der Waals surface area contributed by atoms with Gasteiger partial charge >= 0.3 is 5.97 Å². The van der Waals surface area contributed by atoms with E-state index in [1.807, 2.05) is 0 Å². The molecule has 5 nitrogen and oxygen atoms in total. The summed E-state index contributed by atoms with van der Waals surface area (Å²) in [7, 11) is 0. The number of carboxylic acid groups (broad SMARTS) is 1. The smallest absolute Gasteiger partial charge is 0.335 e. The first-order chi connectivity index (χ1) is 10.1. The molecule has 1 unspecified atom stereocenters. The molecule has 114 valence electrons. The number of carbonyl (C=O) groups is 2. The fourth-order valence-electron chi connectivity index (χ4n) is 2.48. The van der Waals surface area contributed by atoms with Gasteiger partial charge < -0.3 is 15.2 Å². The van der Waals surface area contributed by atoms with E-state index < -0.39 is 5.97 Å². The molecule has 0 spiro atoms. The number of anilines is 1. The predicted molar refractivity (Wildman–Crippen MR) is 79.6 cm³/mol. The maximum atomic E-state index is 11.9. The highest BCUT2D eigenvalue weighted by Crippen LogP contribution is 2.19. The highest BCUT2D eigenvalue weighted by Gasteiger charge is 2.15. The van der Waals surface area contributed by atoms with Crippen molar-refractivity contribution >= 4 is 17.6 Å². The van der Waals surface area contributed by atoms with Gasteiger partial charge in [0.15, 0.2) is 0 Å². The lowest BCUT2D eigenvalue weighted by Gasteiger charge is -2.22. The molecule has 1 aromatic carbocycles. The van der Waals surface area contributed by atoms with Gasteiger partial charge in [0.1, 0.15) is 0 Å². The average Bonchev–Trinajstić information content (AvgIpc) is 2.48. The minimum Gasteiger partial charge on any atom is -0.478 e. The van der Waals surface area contributed by atoms with Gasteiger partial charge in [0.25, 0.3) is 0 Å². The van der Waals surface area contributed by atoms with Crippen molar-refractivity contribution in [3.63, 3.8) is 0 Å². The molecule has 1 aromatic rings. The molecular weight excluding hydrogens is 270 g/mol. The molecule has 1 aliphatic rings. The summed E-state index contributed by atoms with van der Waals surface area (Å²) < 4.78 is 5.60. The van der Waals surface area contributed by atoms with Gasteiger partial charge in [-0.1, -0.05) is 0 Å². The third-order valence-electron chi connectivity index (χ3n) is 3.71. The van der Waals surface area contributed by atoms with Crippen LogP contribution in [0.4, 0.5) is 5.69 Å². The number of hydrogen-bond acceptors (Lipinski definition) is 3. The molecule has 1 saturated heterocycles. The van der Waals surface area contributed by atoms with Crippen LogP contribution in [0, 0.1) is 6.92 Å². The minimum absolute atomic E-state index is 0.0599. The zero-order valence-electron chi connectivity index (χ0n) is 12.2. The van der Waals surface area contributed by atoms with E-state index in [-0.39, 0.29) is 17.6 Å². The van der Waals surface area contributed by atoms with E-state index in [9.17, 15) is 9.59 Å². The second-order valence-corrected chi connectivity index (χ2v) is 5.41. The molecule has 1 heterocycles. The number of hydrogen-bond donors (Lipinski definition) is 2. The van der Waals surface area contributed by atoms with Crippen LogP contribution >= 0.6 is 0 Å². The number of carbonyl (C=O) groups excluding carboxylic acids is 1. The molecule has 0 aliphatic carbocycles. The summed E-state index contributed by atoms with van der Waals surface area (Å²) in [5.41, 5.74) is 1.63. The normalized spacial score (nSPS) is 18.2. The quantitative estimate of drug-likeness (QED) is 0.874. The maximum absolute atomic E-state index is 11.9. The number of rotatable bonds is 5. The Bertz CT molecular complexity index is 521. The Hall–Kier alpha value is -1.88. The first-order valence-corrected chi connectivity index (χ1v) is 7.31. The van der Waals surface area contributed by atoms with E-state index in [4.69, 9.17) is 9.84 Å². The molecule has 2 rings (SSSR count). The summed E-state index contributed by atoms with van der Waals surface area (Å²) in [6, 6.07) is 4.69. The molecule has 1 amide bonds. The van der Waals surface area contributed by atoms with E-state index in [0.29, 0.717) is 12.1 Å². The molecule has 1 atom stereocenters. The first-order valence-electron chi connectivity index (χ1n) is 7.31. The Morgan fingerprint density at radius 3 is 2.81 bits per heavy atom. The lowest BCUT2D eigenvalue weighted by Crippen LogP contribution is -2.22. The van der Waals surface area contributed by atoms with Gasteiger partial charge in [-0.05, 0) is 56.4 Å². The van der Waals surface area contributed by atoms with Gasteiger partial charge in [0.05, 0.1) is 11.7 Å². The Balaban J connectivity index is 1.85. The second-order valence-electron chi connectivity index (χ2n) is 5.41. The fraction of sp³-hybridized carbons (Fsp3) is 0.500. The monoisotopic (exact) mass is 291 g/mol. The van der Waals surface area contributed by atoms with Crippen molar-refractivity contribution in [2.24, 2.45) is 0 Å². The predicted octanol–water partition coefficient (Wildman–Crippen LogP) is 2.98. The molecule has 1 fully saturated rings. The van der Waals surface area contributed by atoms with Crippen LogP contribution in [0.1, 0.15) is 48.0 Å². The number of amides is 1. The van der Waals surface area contributed by atoms with Gasteiger partial charge in [0, 0.05) is 18.7 Å². The van der Waals surface area contributed by atoms with Crippen molar-refractivity contribution in [2.45, 2.75) is 45.1 Å². The molecule has 0 radical (unpaired) electrons. The topological polar surface area (TPSA) is 75.6 Å². The summed E-state index contributed by atoms with van der Waals surface area (Å²) in [6.07, 6.45) is 4.66. The number of nitrogens with one attached hydrogen (secondary N) is 1. The molecule has 21 heavy (non-hydrogen) atoms. The van der Waals surface area contributed by atoms with Crippen molar-refractivity contribution in [1.82, 2.24) is 0 Å². The van der Waals surface area contributed by atoms with Crippen molar-refractivity contribution < 1.29 is 19.4 Å². The van der Waals surface area contributed by atoms with Crippen molar-refractivity contribution in [1.29, 1.82) is 0 Å². The fourth-order valence-corrected chi connectivity index (χ4v) is 2.48. The van der Waals surface area contributed by atoms with Crippen molar-refractivity contribution in [2.75, 3.05) is 11.9 Å². The molecule has 1 aliphatic heterocycles. The van der Waals surface area contributed by atoms with Crippen LogP contribution in [0.25, 0.3) is 0 Å². The van der Waals surface area contributed by atoms with Crippen molar-refractivity contribution in [3.05, 3.63) is 29.3 Å². The van der Waals surface area contributed by atoms with Crippen molar-refractivity contribution in [3.8, 4) is 0 Å². The van der Waals surface area contributed by atoms with E-state index in [1.165, 1.54) is 12.5 Å². The van der Waals surface area contributed by atoms with E-state index in [0.717, 1.165) is 31.4 Å². The highest BCUT2D eigenvalue weighted by atomic mass is 16.5. The Morgan fingerprint density at radius 1 is 1.38 bits per heavy atom. The number of benzene rings is 1. The number of carboxylic acids is 1. The second kappa shape index (κ2) is 7.22. The van der Waals surface area contributed by atoms with Crippen LogP contribution in [-0.4, -0.2) is 29.7 Å². The third-order valence-corrected chi connectivity index (χ3v) is 3.71. The van der Waals surface area contributed by atoms with Crippen LogP contribution in [-0.2, 0) is 9.53 Å². The summed E-state index contributed by atoms with van der Waals surface area (Å²) in [5.74, 6) is -1.03. The molecule has 2 N–H and O–H groups in total. The standard InChI is InChI=1S/C16H21NO4/c1-11-10-12(16(19)20)5-7-14(11)17-15(18)8-6-13-4-2-3-9-21-13/h5,7,10,13H,2-4,6,8-9H2,1H3,(H,17,18)(H,19,20). The van der Waals surface area contributed by atoms with Gasteiger partial charge in [-0.2, -0.15) is 0 Å². The molecular formula is C16H21NO4. The molecule has 0 saturated carbocycles. The van der Waals surface area contributed by atoms with Crippen LogP contribution in [0.2, 0.25) is 0 Å². The Labute approximate surface area is 124 Å². The molecule has 5 heteroatoms. The van der Waals surface area contributed by atoms with Gasteiger partial charge in [-0.3, -0.25) is 4.79 Å². The SMILES string of the molecule is Cc1cc(C(=O)O)ccc1NC(=O)CCC1CCCCO1. The zero-order chi connectivity index (χ0) is 15.2. The Morgan fingerprint density at radius 2 is 2.19 bits per heavy atom. The van der Waals surface area contributed by atoms with Crippen LogP contribution in [0.15, 0.2) is 18.2 Å². The summed E-state index contributed by atoms with van der Waals surface area (Å²) in [5, 5.41) is 11.7. The van der Waals surface area contributed by atoms with E-state index in [2.05, 4.69) is 5.32 Å². The zero-order valence-corrected chi connectivity index (χ0v) is 12.2. The summed E-state index contributed by atoms with van der Waals surface area (Å²) >= 11 is 0. The molecule has 0 bridgehead atoms. The van der Waals surface area contributed by atoms with Gasteiger partial charge in [-0.15, -0.1) is 0 Å². The first kappa shape index (κ1) is 15.5. The number of aromatic carboxylic acids is 1. The van der Waals surface area contributed by atoms with Gasteiger partial charge in [0.2, 0.25) is 5.91 Å². The van der Waals surface area contributed by atoms with Gasteiger partial charge in [-0.25, -0.2) is 4.79 Å². The van der Waals surface area contributed by atoms with Crippen LogP contribution in [0.3, 0.4) is 0 Å². The lowest BCUT2D eigenvalue weighted by molar-refractivity contribution is -0.117. The Kier molecular flexibility index (Phi) is 5.33. The third kappa shape index (κ3) is 4.56. The average molecular weight is 291 g/mol. The minimum atomic E-state index is -0.967. The van der Waals surface area contributed by atoms with Crippen LogP contribution < -0.4 is 5.32 Å². The van der Waals surface area contributed by atoms with E-state index in [1.54, 1.807) is 19.1 Å². The molecule has 0 aromatic heterocycles.